The van der Waals surface area contributed by atoms with Crippen molar-refractivity contribution in [2.45, 2.75) is 13.5 Å². The van der Waals surface area contributed by atoms with E-state index < -0.39 is 0 Å². The van der Waals surface area contributed by atoms with Gasteiger partial charge in [0.2, 0.25) is 0 Å². The number of nitrogens with one attached hydrogen (secondary N) is 1. The molecule has 0 saturated heterocycles. The lowest BCUT2D eigenvalue weighted by Crippen LogP contribution is -2.23. The van der Waals surface area contributed by atoms with Gasteiger partial charge in [-0.05, 0) is 48.9 Å². The molecule has 4 rings (SSSR count). The van der Waals surface area contributed by atoms with E-state index in [-0.39, 0.29) is 5.91 Å². The molecule has 3 heterocycles. The number of thiazole rings is 1. The topological polar surface area (TPSA) is 67.8 Å². The summed E-state index contributed by atoms with van der Waals surface area (Å²) in [5.74, 6) is -0.109. The third-order valence-corrected chi connectivity index (χ3v) is 4.98. The van der Waals surface area contributed by atoms with Gasteiger partial charge in [0.1, 0.15) is 0 Å². The van der Waals surface area contributed by atoms with Crippen LogP contribution < -0.4 is 5.32 Å². The van der Waals surface area contributed by atoms with Gasteiger partial charge >= 0.3 is 0 Å². The van der Waals surface area contributed by atoms with E-state index in [9.17, 15) is 4.79 Å². The predicted molar refractivity (Wildman–Crippen MR) is 103 cm³/mol. The first-order valence-corrected chi connectivity index (χ1v) is 9.02. The zero-order valence-corrected chi connectivity index (χ0v) is 15.0. The Morgan fingerprint density at radius 1 is 1.12 bits per heavy atom. The summed E-state index contributed by atoms with van der Waals surface area (Å²) in [5, 5.41) is 3.98. The number of aromatic nitrogens is 3. The molecule has 4 aromatic rings. The molecule has 0 unspecified atom stereocenters. The number of fused-ring (bicyclic) bond motifs is 1. The quantitative estimate of drug-likeness (QED) is 0.597. The van der Waals surface area contributed by atoms with Crippen molar-refractivity contribution in [3.8, 4) is 11.3 Å². The molecule has 26 heavy (non-hydrogen) atoms. The number of hydrogen-bond acceptors (Lipinski definition) is 5. The van der Waals surface area contributed by atoms with Crippen molar-refractivity contribution in [3.63, 3.8) is 0 Å². The lowest BCUT2D eigenvalue weighted by molar-refractivity contribution is 0.0951. The summed E-state index contributed by atoms with van der Waals surface area (Å²) in [4.78, 5) is 25.5. The minimum Gasteiger partial charge on any atom is -0.348 e. The minimum absolute atomic E-state index is 0.109. The van der Waals surface area contributed by atoms with E-state index in [1.807, 2.05) is 49.4 Å². The molecule has 1 N–H and O–H groups in total. The molecule has 0 spiro atoms. The largest absolute Gasteiger partial charge is 0.348 e. The highest BCUT2D eigenvalue weighted by Crippen LogP contribution is 2.23. The number of carbonyl (C=O) groups is 1. The molecule has 128 valence electrons. The monoisotopic (exact) mass is 360 g/mol. The molecule has 0 aliphatic rings. The first kappa shape index (κ1) is 16.4. The Balaban J connectivity index is 1.54. The Hall–Kier alpha value is -3.12. The number of carbonyl (C=O) groups excluding carboxylic acids is 1. The van der Waals surface area contributed by atoms with Gasteiger partial charge in [0, 0.05) is 36.3 Å². The normalized spacial score (nSPS) is 10.8. The molecular weight excluding hydrogens is 344 g/mol. The van der Waals surface area contributed by atoms with Crippen molar-refractivity contribution in [1.29, 1.82) is 0 Å². The van der Waals surface area contributed by atoms with Crippen LogP contribution >= 0.6 is 11.3 Å². The van der Waals surface area contributed by atoms with Gasteiger partial charge in [0.15, 0.2) is 0 Å². The molecule has 1 amide bonds. The van der Waals surface area contributed by atoms with Crippen molar-refractivity contribution in [1.82, 2.24) is 20.3 Å². The second-order valence-corrected chi connectivity index (χ2v) is 7.08. The Morgan fingerprint density at radius 2 is 1.96 bits per heavy atom. The van der Waals surface area contributed by atoms with Crippen molar-refractivity contribution < 1.29 is 4.79 Å². The van der Waals surface area contributed by atoms with Gasteiger partial charge in [0.25, 0.3) is 5.91 Å². The second-order valence-electron chi connectivity index (χ2n) is 5.85. The van der Waals surface area contributed by atoms with E-state index in [1.54, 1.807) is 29.9 Å². The van der Waals surface area contributed by atoms with E-state index in [1.165, 1.54) is 0 Å². The summed E-state index contributed by atoms with van der Waals surface area (Å²) in [6.07, 6.45) is 5.22. The number of pyridine rings is 2. The zero-order valence-electron chi connectivity index (χ0n) is 14.1. The van der Waals surface area contributed by atoms with Crippen LogP contribution in [0.25, 0.3) is 21.5 Å². The highest BCUT2D eigenvalue weighted by atomic mass is 32.1. The van der Waals surface area contributed by atoms with Crippen LogP contribution in [0, 0.1) is 6.92 Å². The van der Waals surface area contributed by atoms with Gasteiger partial charge < -0.3 is 5.32 Å². The maximum Gasteiger partial charge on any atom is 0.251 e. The molecule has 0 aliphatic heterocycles. The number of nitrogens with zero attached hydrogens (tertiary/aromatic N) is 3. The SMILES string of the molecule is Cc1nc2ccc(C(=O)NCc3cccnc3-c3ccncc3)cc2s1. The van der Waals surface area contributed by atoms with Gasteiger partial charge in [-0.1, -0.05) is 6.07 Å². The molecule has 3 aromatic heterocycles. The summed E-state index contributed by atoms with van der Waals surface area (Å²) in [7, 11) is 0. The van der Waals surface area contributed by atoms with E-state index >= 15 is 0 Å². The Kier molecular flexibility index (Phi) is 4.41. The fraction of sp³-hybridized carbons (Fsp3) is 0.100. The van der Waals surface area contributed by atoms with Crippen molar-refractivity contribution >= 4 is 27.5 Å². The maximum atomic E-state index is 12.6. The van der Waals surface area contributed by atoms with Crippen LogP contribution in [0.5, 0.6) is 0 Å². The summed E-state index contributed by atoms with van der Waals surface area (Å²) in [6.45, 7) is 2.37. The summed E-state index contributed by atoms with van der Waals surface area (Å²) >= 11 is 1.59. The molecule has 5 nitrogen and oxygen atoms in total. The minimum atomic E-state index is -0.109. The number of aryl methyl sites for hydroxylation is 1. The van der Waals surface area contributed by atoms with Crippen molar-refractivity contribution in [2.75, 3.05) is 0 Å². The first-order chi connectivity index (χ1) is 12.7. The molecule has 6 heteroatoms. The van der Waals surface area contributed by atoms with Crippen LogP contribution in [0.15, 0.2) is 61.1 Å². The van der Waals surface area contributed by atoms with Gasteiger partial charge in [-0.15, -0.1) is 11.3 Å². The van der Waals surface area contributed by atoms with E-state index in [2.05, 4.69) is 20.3 Å². The van der Waals surface area contributed by atoms with Crippen LogP contribution in [0.1, 0.15) is 20.9 Å². The zero-order chi connectivity index (χ0) is 17.9. The molecular formula is C20H16N4OS. The molecule has 0 saturated carbocycles. The Labute approximate surface area is 154 Å². The smallest absolute Gasteiger partial charge is 0.251 e. The van der Waals surface area contributed by atoms with Crippen LogP contribution in [0.2, 0.25) is 0 Å². The summed E-state index contributed by atoms with van der Waals surface area (Å²) in [6, 6.07) is 13.3. The lowest BCUT2D eigenvalue weighted by atomic mass is 10.1. The van der Waals surface area contributed by atoms with Crippen molar-refractivity contribution in [2.24, 2.45) is 0 Å². The highest BCUT2D eigenvalue weighted by Gasteiger charge is 2.11. The number of rotatable bonds is 4. The number of hydrogen-bond donors (Lipinski definition) is 1. The Morgan fingerprint density at radius 3 is 2.81 bits per heavy atom. The van der Waals surface area contributed by atoms with E-state index in [0.29, 0.717) is 12.1 Å². The average Bonchev–Trinajstić information content (AvgIpc) is 3.06. The lowest BCUT2D eigenvalue weighted by Gasteiger charge is -2.10. The molecule has 0 atom stereocenters. The van der Waals surface area contributed by atoms with Gasteiger partial charge in [-0.2, -0.15) is 0 Å². The van der Waals surface area contributed by atoms with Crippen LogP contribution in [-0.4, -0.2) is 20.9 Å². The van der Waals surface area contributed by atoms with Crippen LogP contribution in [-0.2, 0) is 6.54 Å². The van der Waals surface area contributed by atoms with Crippen LogP contribution in [0.3, 0.4) is 0 Å². The Bertz CT molecular complexity index is 1080. The predicted octanol–water partition coefficient (Wildman–Crippen LogP) is 3.99. The number of amides is 1. The fourth-order valence-electron chi connectivity index (χ4n) is 2.81. The molecule has 0 radical (unpaired) electrons. The summed E-state index contributed by atoms with van der Waals surface area (Å²) in [5.41, 5.74) is 4.35. The van der Waals surface area contributed by atoms with E-state index in [4.69, 9.17) is 0 Å². The third kappa shape index (κ3) is 3.32. The number of benzene rings is 1. The average molecular weight is 360 g/mol. The van der Waals surface area contributed by atoms with Gasteiger partial charge in [-0.3, -0.25) is 14.8 Å². The van der Waals surface area contributed by atoms with Gasteiger partial charge in [-0.25, -0.2) is 4.98 Å². The fourth-order valence-corrected chi connectivity index (χ4v) is 3.68. The molecule has 0 bridgehead atoms. The van der Waals surface area contributed by atoms with Crippen LogP contribution in [0.4, 0.5) is 0 Å². The summed E-state index contributed by atoms with van der Waals surface area (Å²) < 4.78 is 1.02. The first-order valence-electron chi connectivity index (χ1n) is 8.20. The second kappa shape index (κ2) is 7.01. The third-order valence-electron chi connectivity index (χ3n) is 4.04. The maximum absolute atomic E-state index is 12.6. The van der Waals surface area contributed by atoms with E-state index in [0.717, 1.165) is 32.0 Å². The molecule has 1 aromatic carbocycles. The standard InChI is InChI=1S/C20H16N4OS/c1-13-24-17-5-4-15(11-18(17)26-13)20(25)23-12-16-3-2-8-22-19(16)14-6-9-21-10-7-14/h2-11H,12H2,1H3,(H,23,25). The van der Waals surface area contributed by atoms with Crippen molar-refractivity contribution in [3.05, 3.63) is 77.2 Å². The highest BCUT2D eigenvalue weighted by molar-refractivity contribution is 7.18. The molecule has 0 fully saturated rings. The molecule has 0 aliphatic carbocycles. The van der Waals surface area contributed by atoms with Gasteiger partial charge in [0.05, 0.1) is 20.9 Å².